The second-order valence-corrected chi connectivity index (χ2v) is 6.78. The monoisotopic (exact) mass is 340 g/mol. The molecule has 1 aromatic heterocycles. The van der Waals surface area contributed by atoms with Gasteiger partial charge in [0.1, 0.15) is 0 Å². The van der Waals surface area contributed by atoms with E-state index in [2.05, 4.69) is 10.4 Å². The van der Waals surface area contributed by atoms with Crippen molar-refractivity contribution in [2.45, 2.75) is 33.2 Å². The highest BCUT2D eigenvalue weighted by Crippen LogP contribution is 2.26. The highest BCUT2D eigenvalue weighted by Gasteiger charge is 2.35. The van der Waals surface area contributed by atoms with Gasteiger partial charge in [-0.15, -0.1) is 0 Å². The number of carbonyl (C=O) groups excluding carboxylic acids is 2. The molecule has 6 heteroatoms. The maximum atomic E-state index is 12.6. The van der Waals surface area contributed by atoms with E-state index in [1.807, 2.05) is 52.1 Å². The van der Waals surface area contributed by atoms with Crippen LogP contribution >= 0.6 is 0 Å². The van der Waals surface area contributed by atoms with Crippen LogP contribution < -0.4 is 10.2 Å². The van der Waals surface area contributed by atoms with Gasteiger partial charge in [-0.25, -0.2) is 0 Å². The molecule has 1 aliphatic rings. The number of benzene rings is 1. The molecular weight excluding hydrogens is 316 g/mol. The van der Waals surface area contributed by atoms with Crippen molar-refractivity contribution in [3.63, 3.8) is 0 Å². The number of hydrogen-bond donors (Lipinski definition) is 1. The standard InChI is InChI=1S/C19H24N4O2/c1-12-5-7-16(8-6-12)23-11-15(9-18(23)24)19(25)21-13(2)17-10-20-22(4)14(17)3/h5-8,10,13,15H,9,11H2,1-4H3,(H,21,25). The molecule has 25 heavy (non-hydrogen) atoms. The van der Waals surface area contributed by atoms with Gasteiger partial charge in [0.2, 0.25) is 11.8 Å². The highest BCUT2D eigenvalue weighted by molar-refractivity contribution is 6.00. The number of aromatic nitrogens is 2. The molecule has 0 bridgehead atoms. The van der Waals surface area contributed by atoms with E-state index in [1.54, 1.807) is 15.8 Å². The van der Waals surface area contributed by atoms with E-state index in [4.69, 9.17) is 0 Å². The fraction of sp³-hybridized carbons (Fsp3) is 0.421. The van der Waals surface area contributed by atoms with E-state index < -0.39 is 0 Å². The molecule has 1 aromatic carbocycles. The third kappa shape index (κ3) is 3.43. The van der Waals surface area contributed by atoms with Crippen molar-refractivity contribution in [2.24, 2.45) is 13.0 Å². The molecule has 1 aliphatic heterocycles. The Morgan fingerprint density at radius 2 is 1.96 bits per heavy atom. The minimum atomic E-state index is -0.326. The lowest BCUT2D eigenvalue weighted by atomic mass is 10.1. The SMILES string of the molecule is Cc1ccc(N2CC(C(=O)NC(C)c3cnn(C)c3C)CC2=O)cc1. The average Bonchev–Trinajstić information content (AvgIpc) is 3.12. The summed E-state index contributed by atoms with van der Waals surface area (Å²) < 4.78 is 1.79. The average molecular weight is 340 g/mol. The van der Waals surface area contributed by atoms with Crippen molar-refractivity contribution >= 4 is 17.5 Å². The molecule has 3 rings (SSSR count). The zero-order valence-electron chi connectivity index (χ0n) is 15.1. The van der Waals surface area contributed by atoms with Crippen LogP contribution in [0.15, 0.2) is 30.5 Å². The van der Waals surface area contributed by atoms with Crippen LogP contribution in [0.3, 0.4) is 0 Å². The lowest BCUT2D eigenvalue weighted by Crippen LogP contribution is -2.34. The highest BCUT2D eigenvalue weighted by atomic mass is 16.2. The van der Waals surface area contributed by atoms with Crippen LogP contribution in [0, 0.1) is 19.8 Å². The maximum Gasteiger partial charge on any atom is 0.227 e. The molecule has 0 aliphatic carbocycles. The smallest absolute Gasteiger partial charge is 0.227 e. The second-order valence-electron chi connectivity index (χ2n) is 6.78. The van der Waals surface area contributed by atoms with E-state index in [0.717, 1.165) is 22.5 Å². The number of aryl methyl sites for hydroxylation is 2. The molecular formula is C19H24N4O2. The quantitative estimate of drug-likeness (QED) is 0.928. The first-order chi connectivity index (χ1) is 11.9. The number of carbonyl (C=O) groups is 2. The summed E-state index contributed by atoms with van der Waals surface area (Å²) in [7, 11) is 1.88. The molecule has 0 spiro atoms. The van der Waals surface area contributed by atoms with Crippen LogP contribution in [-0.2, 0) is 16.6 Å². The molecule has 0 saturated carbocycles. The van der Waals surface area contributed by atoms with Gasteiger partial charge in [0.25, 0.3) is 0 Å². The predicted molar refractivity (Wildman–Crippen MR) is 96.1 cm³/mol. The summed E-state index contributed by atoms with van der Waals surface area (Å²) in [6.07, 6.45) is 2.02. The summed E-state index contributed by atoms with van der Waals surface area (Å²) in [6, 6.07) is 7.67. The summed E-state index contributed by atoms with van der Waals surface area (Å²) in [5, 5.41) is 7.24. The van der Waals surface area contributed by atoms with Crippen LogP contribution in [0.5, 0.6) is 0 Å². The number of anilines is 1. The zero-order valence-corrected chi connectivity index (χ0v) is 15.1. The Kier molecular flexibility index (Phi) is 4.61. The summed E-state index contributed by atoms with van der Waals surface area (Å²) in [5.74, 6) is -0.416. The Bertz CT molecular complexity index is 794. The lowest BCUT2D eigenvalue weighted by Gasteiger charge is -2.18. The lowest BCUT2D eigenvalue weighted by molar-refractivity contribution is -0.126. The first kappa shape index (κ1) is 17.2. The number of amides is 2. The molecule has 2 heterocycles. The van der Waals surface area contributed by atoms with Crippen molar-refractivity contribution in [2.75, 3.05) is 11.4 Å². The molecule has 0 radical (unpaired) electrons. The van der Waals surface area contributed by atoms with Gasteiger partial charge in [-0.3, -0.25) is 14.3 Å². The fourth-order valence-electron chi connectivity index (χ4n) is 3.21. The Hall–Kier alpha value is -2.63. The predicted octanol–water partition coefficient (Wildman–Crippen LogP) is 2.27. The normalized spacial score (nSPS) is 18.5. The van der Waals surface area contributed by atoms with Crippen LogP contribution in [0.1, 0.15) is 36.2 Å². The minimum absolute atomic E-state index is 0.00536. The van der Waals surface area contributed by atoms with Crippen molar-refractivity contribution in [3.05, 3.63) is 47.3 Å². The van der Waals surface area contributed by atoms with Gasteiger partial charge in [-0.05, 0) is 32.9 Å². The molecule has 2 unspecified atom stereocenters. The first-order valence-corrected chi connectivity index (χ1v) is 8.52. The Balaban J connectivity index is 1.66. The fourth-order valence-corrected chi connectivity index (χ4v) is 3.21. The van der Waals surface area contributed by atoms with Gasteiger partial charge in [0.05, 0.1) is 18.2 Å². The Labute approximate surface area is 147 Å². The van der Waals surface area contributed by atoms with Crippen LogP contribution in [0.25, 0.3) is 0 Å². The van der Waals surface area contributed by atoms with Crippen LogP contribution in [0.4, 0.5) is 5.69 Å². The molecule has 1 N–H and O–H groups in total. The van der Waals surface area contributed by atoms with Gasteiger partial charge in [0.15, 0.2) is 0 Å². The van der Waals surface area contributed by atoms with Crippen LogP contribution in [0.2, 0.25) is 0 Å². The molecule has 1 saturated heterocycles. The number of hydrogen-bond acceptors (Lipinski definition) is 3. The summed E-state index contributed by atoms with van der Waals surface area (Å²) >= 11 is 0. The molecule has 1 fully saturated rings. The Morgan fingerprint density at radius 3 is 2.56 bits per heavy atom. The van der Waals surface area contributed by atoms with Crippen LogP contribution in [-0.4, -0.2) is 28.1 Å². The summed E-state index contributed by atoms with van der Waals surface area (Å²) in [5.41, 5.74) is 4.01. The molecule has 2 amide bonds. The first-order valence-electron chi connectivity index (χ1n) is 8.52. The zero-order chi connectivity index (χ0) is 18.1. The van der Waals surface area contributed by atoms with Gasteiger partial charge in [-0.1, -0.05) is 17.7 Å². The van der Waals surface area contributed by atoms with Gasteiger partial charge in [-0.2, -0.15) is 5.10 Å². The van der Waals surface area contributed by atoms with Crippen molar-refractivity contribution in [1.29, 1.82) is 0 Å². The Morgan fingerprint density at radius 1 is 1.28 bits per heavy atom. The molecule has 132 valence electrons. The third-order valence-electron chi connectivity index (χ3n) is 4.94. The van der Waals surface area contributed by atoms with E-state index in [-0.39, 0.29) is 30.2 Å². The molecule has 2 aromatic rings. The molecule has 6 nitrogen and oxygen atoms in total. The largest absolute Gasteiger partial charge is 0.349 e. The molecule has 2 atom stereocenters. The van der Waals surface area contributed by atoms with Gasteiger partial charge >= 0.3 is 0 Å². The van der Waals surface area contributed by atoms with E-state index in [9.17, 15) is 9.59 Å². The summed E-state index contributed by atoms with van der Waals surface area (Å²) in [4.78, 5) is 26.6. The van der Waals surface area contributed by atoms with E-state index in [1.165, 1.54) is 0 Å². The van der Waals surface area contributed by atoms with Gasteiger partial charge in [0, 0.05) is 37.0 Å². The number of nitrogens with one attached hydrogen (secondary N) is 1. The van der Waals surface area contributed by atoms with Gasteiger partial charge < -0.3 is 10.2 Å². The summed E-state index contributed by atoms with van der Waals surface area (Å²) in [6.45, 7) is 6.35. The van der Waals surface area contributed by atoms with Crippen molar-refractivity contribution in [1.82, 2.24) is 15.1 Å². The van der Waals surface area contributed by atoms with E-state index in [0.29, 0.717) is 6.54 Å². The topological polar surface area (TPSA) is 67.2 Å². The minimum Gasteiger partial charge on any atom is -0.349 e. The number of nitrogens with zero attached hydrogens (tertiary/aromatic N) is 3. The van der Waals surface area contributed by atoms with E-state index >= 15 is 0 Å². The van der Waals surface area contributed by atoms with Crippen molar-refractivity contribution in [3.8, 4) is 0 Å². The second kappa shape index (κ2) is 6.70. The third-order valence-corrected chi connectivity index (χ3v) is 4.94. The number of rotatable bonds is 4. The van der Waals surface area contributed by atoms with Crippen molar-refractivity contribution < 1.29 is 9.59 Å². The maximum absolute atomic E-state index is 12.6.